The fraction of sp³-hybridized carbons (Fsp3) is 0.143. The van der Waals surface area contributed by atoms with Gasteiger partial charge in [0.1, 0.15) is 17.2 Å². The average molecular weight is 533 g/mol. The van der Waals surface area contributed by atoms with Crippen LogP contribution in [0.15, 0.2) is 70.2 Å². The molecule has 38 heavy (non-hydrogen) atoms. The Hall–Kier alpha value is -4.21. The molecule has 0 radical (unpaired) electrons. The second-order valence-corrected chi connectivity index (χ2v) is 8.90. The van der Waals surface area contributed by atoms with Gasteiger partial charge in [-0.25, -0.2) is 23.7 Å². The van der Waals surface area contributed by atoms with Gasteiger partial charge in [0.05, 0.1) is 30.1 Å². The molecule has 0 aliphatic carbocycles. The number of hydrogen-bond acceptors (Lipinski definition) is 7. The molecule has 0 fully saturated rings. The van der Waals surface area contributed by atoms with Gasteiger partial charge < -0.3 is 15.1 Å². The number of hydrogen-bond donors (Lipinski definition) is 2. The van der Waals surface area contributed by atoms with Crippen molar-refractivity contribution < 1.29 is 13.2 Å². The number of aromatic nitrogens is 3. The molecular formula is C28H23ClF2N6O. The van der Waals surface area contributed by atoms with Crippen LogP contribution in [0, 0.1) is 11.6 Å². The van der Waals surface area contributed by atoms with Gasteiger partial charge in [0.15, 0.2) is 5.58 Å². The third kappa shape index (κ3) is 4.62. The second-order valence-electron chi connectivity index (χ2n) is 8.46. The molecule has 0 saturated carbocycles. The molecule has 0 bridgehead atoms. The highest BCUT2D eigenvalue weighted by Gasteiger charge is 2.25. The van der Waals surface area contributed by atoms with Crippen LogP contribution in [0.2, 0.25) is 5.02 Å². The Bertz CT molecular complexity index is 1680. The lowest BCUT2D eigenvalue weighted by Gasteiger charge is -2.13. The number of oxazole rings is 1. The van der Waals surface area contributed by atoms with Gasteiger partial charge in [0.2, 0.25) is 11.8 Å². The Morgan fingerprint density at radius 1 is 1.00 bits per heavy atom. The first kappa shape index (κ1) is 25.4. The lowest BCUT2D eigenvalue weighted by molar-refractivity contribution is 0.511. The Morgan fingerprint density at radius 2 is 1.82 bits per heavy atom. The van der Waals surface area contributed by atoms with Crippen LogP contribution < -0.4 is 10.6 Å². The van der Waals surface area contributed by atoms with E-state index in [1.165, 1.54) is 18.2 Å². The quantitative estimate of drug-likeness (QED) is 0.263. The molecule has 192 valence electrons. The minimum atomic E-state index is -0.704. The van der Waals surface area contributed by atoms with Crippen LogP contribution in [-0.4, -0.2) is 27.7 Å². The molecule has 1 aliphatic heterocycles. The van der Waals surface area contributed by atoms with Crippen LogP contribution in [0.5, 0.6) is 0 Å². The van der Waals surface area contributed by atoms with Gasteiger partial charge in [0, 0.05) is 39.7 Å². The van der Waals surface area contributed by atoms with E-state index in [1.54, 1.807) is 24.4 Å². The zero-order valence-electron chi connectivity index (χ0n) is 19.5. The fourth-order valence-corrected chi connectivity index (χ4v) is 4.50. The summed E-state index contributed by atoms with van der Waals surface area (Å²) in [5.41, 5.74) is 4.50. The number of nitrogens with zero attached hydrogens (tertiary/aromatic N) is 4. The number of rotatable bonds is 5. The van der Waals surface area contributed by atoms with Crippen molar-refractivity contribution in [3.8, 4) is 11.3 Å². The van der Waals surface area contributed by atoms with Crippen molar-refractivity contribution in [3.63, 3.8) is 0 Å². The molecule has 0 atom stereocenters. The van der Waals surface area contributed by atoms with E-state index in [-0.39, 0.29) is 25.2 Å². The van der Waals surface area contributed by atoms with E-state index in [2.05, 4.69) is 25.6 Å². The summed E-state index contributed by atoms with van der Waals surface area (Å²) in [4.78, 5) is 18.2. The third-order valence-corrected chi connectivity index (χ3v) is 6.22. The van der Waals surface area contributed by atoms with Gasteiger partial charge in [-0.2, -0.15) is 0 Å². The maximum absolute atomic E-state index is 14.7. The van der Waals surface area contributed by atoms with E-state index in [9.17, 15) is 8.78 Å². The number of fused-ring (bicyclic) bond motifs is 4. The Balaban J connectivity index is 0.00000294. The summed E-state index contributed by atoms with van der Waals surface area (Å²) < 4.78 is 35.3. The Kier molecular flexibility index (Phi) is 6.88. The van der Waals surface area contributed by atoms with Crippen LogP contribution >= 0.6 is 11.6 Å². The number of halogens is 3. The van der Waals surface area contributed by atoms with Crippen LogP contribution in [-0.2, 0) is 13.1 Å². The number of anilines is 2. The minimum Gasteiger partial charge on any atom is -0.439 e. The molecule has 2 N–H and O–H groups in total. The van der Waals surface area contributed by atoms with Gasteiger partial charge >= 0.3 is 0 Å². The van der Waals surface area contributed by atoms with Crippen molar-refractivity contribution in [1.82, 2.24) is 20.3 Å². The summed E-state index contributed by atoms with van der Waals surface area (Å²) in [6, 6.07) is 14.4. The highest BCUT2D eigenvalue weighted by Crippen LogP contribution is 2.35. The van der Waals surface area contributed by atoms with E-state index in [0.29, 0.717) is 51.4 Å². The first-order chi connectivity index (χ1) is 18.0. The summed E-state index contributed by atoms with van der Waals surface area (Å²) in [6.45, 7) is 0.666. The van der Waals surface area contributed by atoms with Gasteiger partial charge in [-0.1, -0.05) is 31.2 Å². The molecule has 0 unspecified atom stereocenters. The van der Waals surface area contributed by atoms with E-state index >= 15 is 0 Å². The molecule has 3 aromatic carbocycles. The summed E-state index contributed by atoms with van der Waals surface area (Å²) in [5.74, 6) is -0.475. The molecular weight excluding hydrogens is 510 g/mol. The predicted octanol–water partition coefficient (Wildman–Crippen LogP) is 6.67. The molecule has 2 aromatic heterocycles. The van der Waals surface area contributed by atoms with Crippen molar-refractivity contribution in [1.29, 1.82) is 0 Å². The predicted molar refractivity (Wildman–Crippen MR) is 145 cm³/mol. The summed E-state index contributed by atoms with van der Waals surface area (Å²) >= 11 is 6.29. The smallest absolute Gasteiger partial charge is 0.227 e. The molecule has 0 saturated heterocycles. The fourth-order valence-electron chi connectivity index (χ4n) is 4.33. The summed E-state index contributed by atoms with van der Waals surface area (Å²) in [7, 11) is 1.82. The van der Waals surface area contributed by atoms with Crippen molar-refractivity contribution >= 4 is 40.0 Å². The monoisotopic (exact) mass is 532 g/mol. The molecule has 6 rings (SSSR count). The van der Waals surface area contributed by atoms with Crippen molar-refractivity contribution in [2.75, 3.05) is 12.4 Å². The summed E-state index contributed by atoms with van der Waals surface area (Å²) in [6.07, 6.45) is 1.66. The van der Waals surface area contributed by atoms with Crippen LogP contribution in [0.4, 0.5) is 20.4 Å². The minimum absolute atomic E-state index is 0. The molecule has 3 heterocycles. The third-order valence-electron chi connectivity index (χ3n) is 5.98. The molecule has 5 aromatic rings. The molecule has 0 spiro atoms. The normalized spacial score (nSPS) is 12.3. The molecule has 10 heteroatoms. The van der Waals surface area contributed by atoms with Crippen LogP contribution in [0.1, 0.15) is 30.0 Å². The van der Waals surface area contributed by atoms with E-state index in [0.717, 1.165) is 11.2 Å². The first-order valence-corrected chi connectivity index (χ1v) is 11.8. The lowest BCUT2D eigenvalue weighted by Crippen LogP contribution is -2.10. The van der Waals surface area contributed by atoms with Crippen molar-refractivity contribution in [3.05, 3.63) is 100 Å². The maximum atomic E-state index is 14.7. The van der Waals surface area contributed by atoms with E-state index < -0.39 is 11.6 Å². The van der Waals surface area contributed by atoms with Gasteiger partial charge in [-0.15, -0.1) is 0 Å². The summed E-state index contributed by atoms with van der Waals surface area (Å²) in [5, 5.41) is 6.63. The molecule has 1 aliphatic rings. The van der Waals surface area contributed by atoms with Crippen LogP contribution in [0.25, 0.3) is 22.4 Å². The Labute approximate surface area is 222 Å². The zero-order chi connectivity index (χ0) is 25.5. The molecule has 0 amide bonds. The van der Waals surface area contributed by atoms with Gasteiger partial charge in [-0.3, -0.25) is 4.99 Å². The maximum Gasteiger partial charge on any atom is 0.227 e. The van der Waals surface area contributed by atoms with Crippen molar-refractivity contribution in [2.24, 2.45) is 4.99 Å². The zero-order valence-corrected chi connectivity index (χ0v) is 20.3. The van der Waals surface area contributed by atoms with E-state index in [4.69, 9.17) is 21.0 Å². The standard InChI is InChI=1S/C27H19ClF2N6O.CH4/c1-31-13-23-35-21-8-6-16(10-22(21)37-23)34-27-33-12-14-11-32-26(24-19(29)3-2-4-20(24)30)18-9-15(28)5-7-17(18)25(14)36-27;/h2-10,12,31H,11,13H2,1H3,(H,33,34,36);1H4. The average Bonchev–Trinajstić information content (AvgIpc) is 3.21. The topological polar surface area (TPSA) is 88.2 Å². The lowest BCUT2D eigenvalue weighted by atomic mass is 9.95. The van der Waals surface area contributed by atoms with Crippen LogP contribution in [0.3, 0.4) is 0 Å². The highest BCUT2D eigenvalue weighted by atomic mass is 35.5. The number of benzene rings is 3. The van der Waals surface area contributed by atoms with Crippen molar-refractivity contribution in [2.45, 2.75) is 20.5 Å². The first-order valence-electron chi connectivity index (χ1n) is 11.5. The number of aliphatic imine (C=N–C) groups is 1. The second kappa shape index (κ2) is 10.3. The largest absolute Gasteiger partial charge is 0.439 e. The highest BCUT2D eigenvalue weighted by molar-refractivity contribution is 6.31. The Morgan fingerprint density at radius 3 is 2.61 bits per heavy atom. The van der Waals surface area contributed by atoms with E-state index in [1.807, 2.05) is 25.2 Å². The molecule has 7 nitrogen and oxygen atoms in total. The van der Waals surface area contributed by atoms with Gasteiger partial charge in [-0.05, 0) is 43.4 Å². The SMILES string of the molecule is C.CNCc1nc2ccc(Nc3ncc4c(n3)-c3ccc(Cl)cc3C(c3c(F)cccc3F)=NC4)cc2o1. The van der Waals surface area contributed by atoms with Gasteiger partial charge in [0.25, 0.3) is 0 Å². The number of nitrogens with one attached hydrogen (secondary N) is 2.